The summed E-state index contributed by atoms with van der Waals surface area (Å²) in [4.78, 5) is 24.7. The molecule has 0 aliphatic heterocycles. The van der Waals surface area contributed by atoms with Crippen molar-refractivity contribution in [2.24, 2.45) is 10.2 Å². The number of rotatable bonds is 4. The summed E-state index contributed by atoms with van der Waals surface area (Å²) in [6, 6.07) is 6.63. The van der Waals surface area contributed by atoms with E-state index in [1.54, 1.807) is 24.3 Å². The minimum absolute atomic E-state index is 0.244. The first-order valence-electron chi connectivity index (χ1n) is 11.5. The Labute approximate surface area is 179 Å². The normalized spacial score (nSPS) is 18.3. The maximum Gasteiger partial charge on any atom is 0.271 e. The van der Waals surface area contributed by atoms with Crippen molar-refractivity contribution in [1.82, 2.24) is 10.9 Å². The van der Waals surface area contributed by atoms with Gasteiger partial charge in [-0.1, -0.05) is 38.5 Å². The van der Waals surface area contributed by atoms with Gasteiger partial charge >= 0.3 is 0 Å². The molecule has 2 fully saturated rings. The van der Waals surface area contributed by atoms with E-state index in [9.17, 15) is 9.59 Å². The van der Waals surface area contributed by atoms with E-state index >= 15 is 0 Å². The van der Waals surface area contributed by atoms with Gasteiger partial charge in [-0.15, -0.1) is 0 Å². The van der Waals surface area contributed by atoms with Gasteiger partial charge in [0.2, 0.25) is 0 Å². The van der Waals surface area contributed by atoms with Crippen LogP contribution in [0.15, 0.2) is 34.5 Å². The largest absolute Gasteiger partial charge is 0.271 e. The molecule has 0 saturated heterocycles. The maximum absolute atomic E-state index is 12.4. The van der Waals surface area contributed by atoms with E-state index in [2.05, 4.69) is 21.1 Å². The average molecular weight is 411 g/mol. The summed E-state index contributed by atoms with van der Waals surface area (Å²) >= 11 is 0. The number of hydrogen-bond donors (Lipinski definition) is 2. The van der Waals surface area contributed by atoms with Gasteiger partial charge in [0.05, 0.1) is 0 Å². The van der Waals surface area contributed by atoms with Crippen LogP contribution in [0.4, 0.5) is 0 Å². The van der Waals surface area contributed by atoms with Crippen molar-refractivity contribution in [1.29, 1.82) is 0 Å². The van der Waals surface area contributed by atoms with Crippen LogP contribution in [0, 0.1) is 0 Å². The molecule has 0 heterocycles. The van der Waals surface area contributed by atoms with Gasteiger partial charge in [-0.3, -0.25) is 9.59 Å². The van der Waals surface area contributed by atoms with E-state index in [0.29, 0.717) is 11.1 Å². The maximum atomic E-state index is 12.4. The predicted molar refractivity (Wildman–Crippen MR) is 121 cm³/mol. The highest BCUT2D eigenvalue weighted by molar-refractivity contribution is 5.98. The minimum atomic E-state index is -0.244. The van der Waals surface area contributed by atoms with Gasteiger partial charge in [0, 0.05) is 22.6 Å². The third-order valence-corrected chi connectivity index (χ3v) is 5.90. The first-order chi connectivity index (χ1) is 14.7. The number of carbonyl (C=O) groups excluding carboxylic acids is 2. The smallest absolute Gasteiger partial charge is 0.267 e. The number of nitrogens with zero attached hydrogens (tertiary/aromatic N) is 2. The van der Waals surface area contributed by atoms with E-state index in [0.717, 1.165) is 62.8 Å². The van der Waals surface area contributed by atoms with Crippen molar-refractivity contribution in [2.45, 2.75) is 89.9 Å². The lowest BCUT2D eigenvalue weighted by Crippen LogP contribution is -2.22. The first kappa shape index (κ1) is 22.2. The molecule has 0 atom stereocenters. The second-order valence-corrected chi connectivity index (χ2v) is 8.35. The molecule has 0 unspecified atom stereocenters. The summed E-state index contributed by atoms with van der Waals surface area (Å²) < 4.78 is 0. The van der Waals surface area contributed by atoms with Crippen LogP contribution in [-0.2, 0) is 0 Å². The fourth-order valence-electron chi connectivity index (χ4n) is 4.01. The average Bonchev–Trinajstić information content (AvgIpc) is 2.72. The summed E-state index contributed by atoms with van der Waals surface area (Å²) in [5.74, 6) is -0.488. The Morgan fingerprint density at radius 3 is 1.17 bits per heavy atom. The van der Waals surface area contributed by atoms with Crippen molar-refractivity contribution < 1.29 is 9.59 Å². The molecule has 2 aliphatic rings. The predicted octanol–water partition coefficient (Wildman–Crippen LogP) is 5.35. The van der Waals surface area contributed by atoms with Crippen LogP contribution in [-0.4, -0.2) is 23.2 Å². The Kier molecular flexibility index (Phi) is 9.06. The van der Waals surface area contributed by atoms with Crippen LogP contribution in [0.25, 0.3) is 0 Å². The van der Waals surface area contributed by atoms with Gasteiger partial charge in [-0.25, -0.2) is 10.9 Å². The fourth-order valence-corrected chi connectivity index (χ4v) is 4.01. The second-order valence-electron chi connectivity index (χ2n) is 8.35. The Morgan fingerprint density at radius 1 is 0.533 bits per heavy atom. The number of hydrogen-bond acceptors (Lipinski definition) is 4. The van der Waals surface area contributed by atoms with Gasteiger partial charge in [-0.05, 0) is 75.6 Å². The fraction of sp³-hybridized carbons (Fsp3) is 0.583. The van der Waals surface area contributed by atoms with Gasteiger partial charge < -0.3 is 0 Å². The molecule has 2 aliphatic carbocycles. The summed E-state index contributed by atoms with van der Waals surface area (Å²) in [5.41, 5.74) is 8.48. The molecule has 0 spiro atoms. The molecule has 2 amide bonds. The van der Waals surface area contributed by atoms with Crippen LogP contribution in [0.2, 0.25) is 0 Å². The highest BCUT2D eigenvalue weighted by atomic mass is 16.2. The zero-order valence-electron chi connectivity index (χ0n) is 17.9. The monoisotopic (exact) mass is 410 g/mol. The molecule has 6 heteroatoms. The van der Waals surface area contributed by atoms with Gasteiger partial charge in [0.1, 0.15) is 0 Å². The van der Waals surface area contributed by atoms with Crippen molar-refractivity contribution in [2.75, 3.05) is 0 Å². The highest BCUT2D eigenvalue weighted by Gasteiger charge is 2.11. The molecule has 2 N–H and O–H groups in total. The third kappa shape index (κ3) is 7.39. The lowest BCUT2D eigenvalue weighted by molar-refractivity contribution is 0.0943. The number of benzene rings is 1. The highest BCUT2D eigenvalue weighted by Crippen LogP contribution is 2.16. The quantitative estimate of drug-likeness (QED) is 0.656. The zero-order valence-corrected chi connectivity index (χ0v) is 17.9. The summed E-state index contributed by atoms with van der Waals surface area (Å²) in [7, 11) is 0. The van der Waals surface area contributed by atoms with Crippen molar-refractivity contribution in [3.05, 3.63) is 35.4 Å². The molecule has 162 valence electrons. The van der Waals surface area contributed by atoms with Crippen molar-refractivity contribution in [3.8, 4) is 0 Å². The molecule has 2 saturated carbocycles. The van der Waals surface area contributed by atoms with Crippen LogP contribution < -0.4 is 10.9 Å². The molecule has 1 aromatic carbocycles. The van der Waals surface area contributed by atoms with E-state index in [1.807, 2.05) is 0 Å². The van der Waals surface area contributed by atoms with Crippen LogP contribution in [0.3, 0.4) is 0 Å². The van der Waals surface area contributed by atoms with E-state index in [1.165, 1.54) is 38.5 Å². The van der Waals surface area contributed by atoms with Gasteiger partial charge in [0.15, 0.2) is 0 Å². The molecule has 6 nitrogen and oxygen atoms in total. The van der Waals surface area contributed by atoms with E-state index in [4.69, 9.17) is 0 Å². The molecular weight excluding hydrogens is 376 g/mol. The summed E-state index contributed by atoms with van der Waals surface area (Å²) in [6.45, 7) is 0. The number of nitrogens with one attached hydrogen (secondary N) is 2. The Hall–Kier alpha value is -2.50. The lowest BCUT2D eigenvalue weighted by atomic mass is 9.99. The molecule has 0 radical (unpaired) electrons. The Balaban J connectivity index is 1.51. The van der Waals surface area contributed by atoms with Crippen LogP contribution in [0.5, 0.6) is 0 Å². The Morgan fingerprint density at radius 2 is 0.833 bits per heavy atom. The number of hydrazone groups is 2. The summed E-state index contributed by atoms with van der Waals surface area (Å²) in [6.07, 6.45) is 16.0. The topological polar surface area (TPSA) is 82.9 Å². The van der Waals surface area contributed by atoms with Gasteiger partial charge in [-0.2, -0.15) is 10.2 Å². The molecule has 30 heavy (non-hydrogen) atoms. The number of carbonyl (C=O) groups is 2. The zero-order chi connectivity index (χ0) is 21.0. The second kappa shape index (κ2) is 12.3. The number of amides is 2. The molecular formula is C24H34N4O2. The molecule has 0 bridgehead atoms. The van der Waals surface area contributed by atoms with Crippen molar-refractivity contribution >= 4 is 23.2 Å². The molecule has 0 aromatic heterocycles. The molecule has 1 aromatic rings. The SMILES string of the molecule is O=C(NN=C1CCCCCCC1)c1ccc(C(=O)NN=C2CCCCCCC2)cc1. The van der Waals surface area contributed by atoms with Crippen molar-refractivity contribution in [3.63, 3.8) is 0 Å². The standard InChI is InChI=1S/C24H34N4O2/c29-23(27-25-21-11-7-3-1-4-8-12-21)19-15-17-20(18-16-19)24(30)28-26-22-13-9-5-2-6-10-14-22/h15-18H,1-14H2,(H,27,29)(H,28,30). The summed E-state index contributed by atoms with van der Waals surface area (Å²) in [5, 5.41) is 8.67. The lowest BCUT2D eigenvalue weighted by Gasteiger charge is -2.11. The van der Waals surface area contributed by atoms with Gasteiger partial charge in [0.25, 0.3) is 11.8 Å². The third-order valence-electron chi connectivity index (χ3n) is 5.90. The van der Waals surface area contributed by atoms with E-state index in [-0.39, 0.29) is 11.8 Å². The van der Waals surface area contributed by atoms with E-state index < -0.39 is 0 Å². The Bertz CT molecular complexity index is 683. The first-order valence-corrected chi connectivity index (χ1v) is 11.5. The van der Waals surface area contributed by atoms with Crippen LogP contribution in [0.1, 0.15) is 111 Å². The molecule has 3 rings (SSSR count). The van der Waals surface area contributed by atoms with Crippen LogP contribution >= 0.6 is 0 Å². The minimum Gasteiger partial charge on any atom is -0.267 e.